The van der Waals surface area contributed by atoms with Crippen LogP contribution in [0.4, 0.5) is 0 Å². The molecule has 1 aliphatic heterocycles. The van der Waals surface area contributed by atoms with Crippen LogP contribution in [0.2, 0.25) is 0 Å². The molecule has 2 N–H and O–H groups in total. The number of aliphatic hydroxyl groups excluding tert-OH is 1. The van der Waals surface area contributed by atoms with Crippen LogP contribution < -0.4 is 5.32 Å². The predicted octanol–water partition coefficient (Wildman–Crippen LogP) is 3.35. The molecular weight excluding hydrogens is 328 g/mol. The number of hydrogen-bond donors (Lipinski definition) is 2. The van der Waals surface area contributed by atoms with Gasteiger partial charge in [-0.1, -0.05) is 24.3 Å². The molecule has 0 spiro atoms. The molecule has 0 amide bonds. The highest BCUT2D eigenvalue weighted by molar-refractivity contribution is 7.10. The van der Waals surface area contributed by atoms with Gasteiger partial charge in [-0.25, -0.2) is 0 Å². The number of hydrogen-bond acceptors (Lipinski definition) is 4. The summed E-state index contributed by atoms with van der Waals surface area (Å²) in [4.78, 5) is 3.96. The summed E-state index contributed by atoms with van der Waals surface area (Å²) >= 11 is 1.92. The van der Waals surface area contributed by atoms with E-state index in [-0.39, 0.29) is 6.10 Å². The van der Waals surface area contributed by atoms with Crippen molar-refractivity contribution in [3.05, 3.63) is 57.3 Å². The lowest BCUT2D eigenvalue weighted by Crippen LogP contribution is -2.31. The number of β-amino-alcohol motifs (C(OH)–C–C–N with tert-alkyl or cyclic N) is 1. The lowest BCUT2D eigenvalue weighted by Gasteiger charge is -2.20. The maximum atomic E-state index is 9.76. The number of aliphatic hydroxyl groups is 1. The van der Waals surface area contributed by atoms with Crippen molar-refractivity contribution < 1.29 is 5.11 Å². The van der Waals surface area contributed by atoms with Crippen LogP contribution in [0.3, 0.4) is 0 Å². The number of rotatable bonds is 5. The van der Waals surface area contributed by atoms with Gasteiger partial charge < -0.3 is 10.4 Å². The van der Waals surface area contributed by atoms with Gasteiger partial charge in [0.2, 0.25) is 0 Å². The van der Waals surface area contributed by atoms with Crippen molar-refractivity contribution in [3.63, 3.8) is 0 Å². The van der Waals surface area contributed by atoms with E-state index in [1.165, 1.54) is 36.8 Å². The van der Waals surface area contributed by atoms with Gasteiger partial charge in [0.1, 0.15) is 0 Å². The van der Waals surface area contributed by atoms with Crippen LogP contribution in [0.25, 0.3) is 0 Å². The molecule has 4 rings (SSSR count). The summed E-state index contributed by atoms with van der Waals surface area (Å²) < 4.78 is 0. The van der Waals surface area contributed by atoms with Crippen molar-refractivity contribution in [2.45, 2.75) is 57.3 Å². The highest BCUT2D eigenvalue weighted by Gasteiger charge is 2.21. The van der Waals surface area contributed by atoms with Gasteiger partial charge in [-0.3, -0.25) is 4.90 Å². The Hall–Kier alpha value is -1.20. The zero-order valence-electron chi connectivity index (χ0n) is 14.8. The highest BCUT2D eigenvalue weighted by Crippen LogP contribution is 2.26. The Morgan fingerprint density at radius 1 is 1.16 bits per heavy atom. The average molecular weight is 357 g/mol. The normalized spacial score (nSPS) is 24.2. The third kappa shape index (κ3) is 4.32. The second-order valence-corrected chi connectivity index (χ2v) is 8.49. The summed E-state index contributed by atoms with van der Waals surface area (Å²) in [7, 11) is 0. The van der Waals surface area contributed by atoms with E-state index in [4.69, 9.17) is 0 Å². The number of nitrogens with one attached hydrogen (secondary N) is 1. The van der Waals surface area contributed by atoms with Gasteiger partial charge in [0.25, 0.3) is 0 Å². The Labute approximate surface area is 154 Å². The van der Waals surface area contributed by atoms with Gasteiger partial charge >= 0.3 is 0 Å². The molecule has 0 bridgehead atoms. The van der Waals surface area contributed by atoms with Crippen molar-refractivity contribution in [1.82, 2.24) is 10.2 Å². The topological polar surface area (TPSA) is 35.5 Å². The molecule has 2 atom stereocenters. The molecule has 2 unspecified atom stereocenters. The molecule has 1 fully saturated rings. The monoisotopic (exact) mass is 356 g/mol. The third-order valence-electron chi connectivity index (χ3n) is 5.60. The molecule has 2 aliphatic rings. The third-order valence-corrected chi connectivity index (χ3v) is 6.62. The van der Waals surface area contributed by atoms with Gasteiger partial charge in [0, 0.05) is 37.1 Å². The van der Waals surface area contributed by atoms with E-state index in [2.05, 4.69) is 45.9 Å². The van der Waals surface area contributed by atoms with Gasteiger partial charge in [0.15, 0.2) is 0 Å². The van der Waals surface area contributed by atoms with Crippen molar-refractivity contribution in [1.29, 1.82) is 0 Å². The first-order valence-corrected chi connectivity index (χ1v) is 10.4. The predicted molar refractivity (Wildman–Crippen MR) is 104 cm³/mol. The molecule has 2 aromatic rings. The van der Waals surface area contributed by atoms with Gasteiger partial charge in [-0.2, -0.15) is 0 Å². The summed E-state index contributed by atoms with van der Waals surface area (Å²) in [6.45, 7) is 3.71. The van der Waals surface area contributed by atoms with Crippen molar-refractivity contribution in [2.24, 2.45) is 0 Å². The molecule has 3 nitrogen and oxygen atoms in total. The summed E-state index contributed by atoms with van der Waals surface area (Å²) in [5.74, 6) is 0. The Morgan fingerprint density at radius 2 is 2.04 bits per heavy atom. The van der Waals surface area contributed by atoms with E-state index in [0.29, 0.717) is 6.04 Å². The number of likely N-dealkylation sites (tertiary alicyclic amines) is 1. The van der Waals surface area contributed by atoms with Crippen molar-refractivity contribution in [3.8, 4) is 0 Å². The van der Waals surface area contributed by atoms with E-state index in [1.807, 2.05) is 11.3 Å². The minimum atomic E-state index is -0.143. The molecule has 1 aromatic heterocycles. The fourth-order valence-corrected chi connectivity index (χ4v) is 5.12. The van der Waals surface area contributed by atoms with Gasteiger partial charge in [0.05, 0.1) is 6.10 Å². The molecule has 0 radical (unpaired) electrons. The van der Waals surface area contributed by atoms with Crippen LogP contribution in [0.5, 0.6) is 0 Å². The molecule has 1 saturated heterocycles. The number of benzene rings is 1. The number of thiophene rings is 1. The minimum Gasteiger partial charge on any atom is -0.392 e. The SMILES string of the molecule is OC1CCN(Cc2ccccc2CNC2CCCc3sccc3C2)C1. The van der Waals surface area contributed by atoms with E-state index >= 15 is 0 Å². The summed E-state index contributed by atoms with van der Waals surface area (Å²) in [6.07, 6.45) is 5.74. The Balaban J connectivity index is 1.38. The lowest BCUT2D eigenvalue weighted by molar-refractivity contribution is 0.174. The lowest BCUT2D eigenvalue weighted by atomic mass is 10.0. The van der Waals surface area contributed by atoms with E-state index in [1.54, 1.807) is 10.4 Å². The van der Waals surface area contributed by atoms with Crippen LogP contribution in [-0.2, 0) is 25.9 Å². The molecule has 0 saturated carbocycles. The number of aryl methyl sites for hydroxylation is 1. The molecule has 1 aromatic carbocycles. The zero-order chi connectivity index (χ0) is 17.1. The van der Waals surface area contributed by atoms with Gasteiger partial charge in [-0.05, 0) is 60.2 Å². The second-order valence-electron chi connectivity index (χ2n) is 7.49. The van der Waals surface area contributed by atoms with Crippen molar-refractivity contribution >= 4 is 11.3 Å². The van der Waals surface area contributed by atoms with Gasteiger partial charge in [-0.15, -0.1) is 11.3 Å². The number of nitrogens with zero attached hydrogens (tertiary/aromatic N) is 1. The average Bonchev–Trinajstić information content (AvgIpc) is 3.18. The Morgan fingerprint density at radius 3 is 2.88 bits per heavy atom. The Bertz CT molecular complexity index is 699. The van der Waals surface area contributed by atoms with Crippen LogP contribution in [0, 0.1) is 0 Å². The number of fused-ring (bicyclic) bond motifs is 1. The van der Waals surface area contributed by atoms with Crippen LogP contribution in [-0.4, -0.2) is 35.2 Å². The molecule has 4 heteroatoms. The summed E-state index contributed by atoms with van der Waals surface area (Å²) in [5.41, 5.74) is 4.35. The van der Waals surface area contributed by atoms with E-state index in [9.17, 15) is 5.11 Å². The molecular formula is C21H28N2OS. The standard InChI is InChI=1S/C21H28N2OS/c24-20-8-10-23(15-20)14-18-5-2-1-4-17(18)13-22-19-6-3-7-21-16(12-19)9-11-25-21/h1-2,4-5,9,11,19-20,22,24H,3,6-8,10,12-15H2. The highest BCUT2D eigenvalue weighted by atomic mass is 32.1. The summed E-state index contributed by atoms with van der Waals surface area (Å²) in [6, 6.07) is 11.7. The van der Waals surface area contributed by atoms with E-state index < -0.39 is 0 Å². The van der Waals surface area contributed by atoms with Crippen molar-refractivity contribution in [2.75, 3.05) is 13.1 Å². The fraction of sp³-hybridized carbons (Fsp3) is 0.524. The maximum Gasteiger partial charge on any atom is 0.0679 e. The quantitative estimate of drug-likeness (QED) is 0.807. The molecule has 134 valence electrons. The van der Waals surface area contributed by atoms with E-state index in [0.717, 1.165) is 32.6 Å². The first-order valence-electron chi connectivity index (χ1n) is 9.54. The zero-order valence-corrected chi connectivity index (χ0v) is 15.6. The molecule has 1 aliphatic carbocycles. The first-order chi connectivity index (χ1) is 12.3. The first kappa shape index (κ1) is 17.2. The second kappa shape index (κ2) is 8.00. The van der Waals surface area contributed by atoms with Crippen LogP contribution in [0.15, 0.2) is 35.7 Å². The molecule has 25 heavy (non-hydrogen) atoms. The largest absolute Gasteiger partial charge is 0.392 e. The fourth-order valence-electron chi connectivity index (χ4n) is 4.15. The minimum absolute atomic E-state index is 0.143. The molecule has 2 heterocycles. The van der Waals surface area contributed by atoms with Crippen LogP contribution >= 0.6 is 11.3 Å². The van der Waals surface area contributed by atoms with Crippen LogP contribution in [0.1, 0.15) is 40.8 Å². The Kier molecular flexibility index (Phi) is 5.51. The summed E-state index contributed by atoms with van der Waals surface area (Å²) in [5, 5.41) is 15.8. The smallest absolute Gasteiger partial charge is 0.0679 e. The maximum absolute atomic E-state index is 9.76.